The maximum Gasteiger partial charge on any atom is 0.136 e. The highest BCUT2D eigenvalue weighted by molar-refractivity contribution is 6.09. The van der Waals surface area contributed by atoms with E-state index in [4.69, 9.17) is 4.74 Å². The molecule has 2 atom stereocenters. The van der Waals surface area contributed by atoms with Gasteiger partial charge in [0, 0.05) is 21.9 Å². The standard InChI is InChI=1S/C22H18O2/c23-17-11-16-13-6-2-1-5-12(13)14-7-3-9-18-20(14)22(16)21-15(17)8-4-10-19(21)24-18/h3-4,7-13,23H,1-2,5-6H2. The first-order chi connectivity index (χ1) is 11.8. The van der Waals surface area contributed by atoms with Crippen molar-refractivity contribution in [3.05, 3.63) is 53.6 Å². The molecule has 1 N–H and O–H groups in total. The summed E-state index contributed by atoms with van der Waals surface area (Å²) in [6.07, 6.45) is 5.04. The van der Waals surface area contributed by atoms with Gasteiger partial charge in [0.25, 0.3) is 0 Å². The summed E-state index contributed by atoms with van der Waals surface area (Å²) < 4.78 is 6.24. The molecule has 118 valence electrons. The van der Waals surface area contributed by atoms with Crippen LogP contribution in [0.5, 0.6) is 17.2 Å². The van der Waals surface area contributed by atoms with E-state index >= 15 is 0 Å². The van der Waals surface area contributed by atoms with Gasteiger partial charge in [0.15, 0.2) is 0 Å². The van der Waals surface area contributed by atoms with Crippen LogP contribution in [0.15, 0.2) is 42.5 Å². The van der Waals surface area contributed by atoms with E-state index in [1.54, 1.807) is 0 Å². The van der Waals surface area contributed by atoms with Crippen molar-refractivity contribution in [2.24, 2.45) is 0 Å². The van der Waals surface area contributed by atoms with E-state index in [0.717, 1.165) is 22.3 Å². The summed E-state index contributed by atoms with van der Waals surface area (Å²) in [4.78, 5) is 0. The zero-order valence-electron chi connectivity index (χ0n) is 13.4. The number of benzene rings is 3. The fourth-order valence-electron chi connectivity index (χ4n) is 5.29. The minimum Gasteiger partial charge on any atom is -0.507 e. The summed E-state index contributed by atoms with van der Waals surface area (Å²) >= 11 is 0. The smallest absolute Gasteiger partial charge is 0.136 e. The number of phenolic OH excluding ortho intramolecular Hbond substituents is 1. The van der Waals surface area contributed by atoms with E-state index in [-0.39, 0.29) is 0 Å². The molecule has 0 bridgehead atoms. The Bertz CT molecular complexity index is 1020. The molecule has 0 radical (unpaired) electrons. The molecule has 0 saturated heterocycles. The van der Waals surface area contributed by atoms with Gasteiger partial charge in [0.2, 0.25) is 0 Å². The second kappa shape index (κ2) is 4.32. The van der Waals surface area contributed by atoms with Crippen molar-refractivity contribution in [2.75, 3.05) is 0 Å². The SMILES string of the molecule is Oc1cc2c3c4c(cccc14)Oc1cccc(c1-3)C1CCCCC21. The fourth-order valence-corrected chi connectivity index (χ4v) is 5.29. The quantitative estimate of drug-likeness (QED) is 0.426. The molecular formula is C22H18O2. The van der Waals surface area contributed by atoms with Gasteiger partial charge < -0.3 is 9.84 Å². The van der Waals surface area contributed by atoms with Crippen molar-refractivity contribution >= 4 is 10.8 Å². The van der Waals surface area contributed by atoms with Gasteiger partial charge in [0.05, 0.1) is 0 Å². The average Bonchev–Trinajstić information content (AvgIpc) is 2.63. The molecule has 2 unspecified atom stereocenters. The zero-order chi connectivity index (χ0) is 15.8. The topological polar surface area (TPSA) is 29.5 Å². The van der Waals surface area contributed by atoms with Crippen LogP contribution in [0.2, 0.25) is 0 Å². The highest BCUT2D eigenvalue weighted by Gasteiger charge is 2.39. The summed E-state index contributed by atoms with van der Waals surface area (Å²) in [5, 5.41) is 12.7. The fraction of sp³-hybridized carbons (Fsp3) is 0.273. The molecule has 3 aliphatic rings. The van der Waals surface area contributed by atoms with E-state index in [0.29, 0.717) is 17.6 Å². The Morgan fingerprint density at radius 1 is 0.833 bits per heavy atom. The Morgan fingerprint density at radius 3 is 2.46 bits per heavy atom. The molecule has 2 nitrogen and oxygen atoms in total. The lowest BCUT2D eigenvalue weighted by Crippen LogP contribution is -2.22. The Morgan fingerprint density at radius 2 is 1.58 bits per heavy atom. The van der Waals surface area contributed by atoms with Gasteiger partial charge in [-0.1, -0.05) is 37.1 Å². The second-order valence-corrected chi connectivity index (χ2v) is 7.36. The molecule has 1 fully saturated rings. The second-order valence-electron chi connectivity index (χ2n) is 7.36. The molecule has 1 aliphatic heterocycles. The molecule has 6 rings (SSSR count). The lowest BCUT2D eigenvalue weighted by atomic mass is 9.64. The predicted octanol–water partition coefficient (Wildman–Crippen LogP) is 6.07. The van der Waals surface area contributed by atoms with E-state index in [1.165, 1.54) is 47.9 Å². The third-order valence-corrected chi connectivity index (χ3v) is 6.23. The molecular weight excluding hydrogens is 296 g/mol. The van der Waals surface area contributed by atoms with Crippen molar-refractivity contribution in [2.45, 2.75) is 37.5 Å². The molecule has 2 heteroatoms. The van der Waals surface area contributed by atoms with Crippen LogP contribution in [0.25, 0.3) is 21.9 Å². The molecule has 0 amide bonds. The molecule has 3 aromatic carbocycles. The van der Waals surface area contributed by atoms with Gasteiger partial charge >= 0.3 is 0 Å². The first kappa shape index (κ1) is 12.9. The van der Waals surface area contributed by atoms with E-state index in [9.17, 15) is 5.11 Å². The minimum atomic E-state index is 0.390. The highest BCUT2D eigenvalue weighted by atomic mass is 16.5. The molecule has 1 saturated carbocycles. The number of hydrogen-bond donors (Lipinski definition) is 1. The van der Waals surface area contributed by atoms with Crippen molar-refractivity contribution in [3.8, 4) is 28.4 Å². The van der Waals surface area contributed by atoms with Gasteiger partial charge in [-0.3, -0.25) is 0 Å². The van der Waals surface area contributed by atoms with Crippen LogP contribution in [0, 0.1) is 0 Å². The number of rotatable bonds is 0. The third kappa shape index (κ3) is 1.43. The largest absolute Gasteiger partial charge is 0.507 e. The van der Waals surface area contributed by atoms with Crippen LogP contribution < -0.4 is 4.74 Å². The lowest BCUT2D eigenvalue weighted by molar-refractivity contribution is 0.379. The van der Waals surface area contributed by atoms with Crippen LogP contribution >= 0.6 is 0 Å². The average molecular weight is 314 g/mol. The van der Waals surface area contributed by atoms with Crippen molar-refractivity contribution < 1.29 is 9.84 Å². The molecule has 2 aliphatic carbocycles. The minimum absolute atomic E-state index is 0.390. The number of phenols is 1. The molecule has 24 heavy (non-hydrogen) atoms. The Labute approximate surface area is 140 Å². The van der Waals surface area contributed by atoms with E-state index < -0.39 is 0 Å². The van der Waals surface area contributed by atoms with Crippen molar-refractivity contribution in [1.82, 2.24) is 0 Å². The first-order valence-electron chi connectivity index (χ1n) is 8.92. The number of hydrogen-bond acceptors (Lipinski definition) is 2. The van der Waals surface area contributed by atoms with E-state index in [2.05, 4.69) is 18.2 Å². The summed E-state index contributed by atoms with van der Waals surface area (Å²) in [7, 11) is 0. The van der Waals surface area contributed by atoms with Gasteiger partial charge in [-0.25, -0.2) is 0 Å². The van der Waals surface area contributed by atoms with Gasteiger partial charge in [-0.2, -0.15) is 0 Å². The first-order valence-corrected chi connectivity index (χ1v) is 8.92. The Balaban J connectivity index is 1.83. The van der Waals surface area contributed by atoms with Crippen LogP contribution in [0.1, 0.15) is 48.6 Å². The van der Waals surface area contributed by atoms with Gasteiger partial charge in [-0.15, -0.1) is 0 Å². The molecule has 0 spiro atoms. The van der Waals surface area contributed by atoms with Crippen LogP contribution in [-0.4, -0.2) is 5.11 Å². The number of ether oxygens (including phenoxy) is 1. The lowest BCUT2D eigenvalue weighted by Gasteiger charge is -2.41. The predicted molar refractivity (Wildman–Crippen MR) is 95.1 cm³/mol. The maximum atomic E-state index is 10.7. The summed E-state index contributed by atoms with van der Waals surface area (Å²) in [5.74, 6) is 3.33. The molecule has 3 aromatic rings. The van der Waals surface area contributed by atoms with Gasteiger partial charge in [-0.05, 0) is 54.0 Å². The van der Waals surface area contributed by atoms with Gasteiger partial charge in [0.1, 0.15) is 17.2 Å². The normalized spacial score (nSPS) is 22.8. The third-order valence-electron chi connectivity index (χ3n) is 6.23. The Kier molecular flexibility index (Phi) is 2.32. The zero-order valence-corrected chi connectivity index (χ0v) is 13.4. The summed E-state index contributed by atoms with van der Waals surface area (Å²) in [5.41, 5.74) is 5.38. The highest BCUT2D eigenvalue weighted by Crippen LogP contribution is 2.61. The Hall–Kier alpha value is -2.48. The number of aromatic hydroxyl groups is 1. The molecule has 0 aromatic heterocycles. The monoisotopic (exact) mass is 314 g/mol. The van der Waals surface area contributed by atoms with E-state index in [1.807, 2.05) is 24.3 Å². The number of fused-ring (bicyclic) bond motifs is 3. The maximum absolute atomic E-state index is 10.7. The summed E-state index contributed by atoms with van der Waals surface area (Å²) in [6.45, 7) is 0. The van der Waals surface area contributed by atoms with Crippen LogP contribution in [-0.2, 0) is 0 Å². The molecule has 1 heterocycles. The van der Waals surface area contributed by atoms with Crippen LogP contribution in [0.3, 0.4) is 0 Å². The van der Waals surface area contributed by atoms with Crippen LogP contribution in [0.4, 0.5) is 0 Å². The van der Waals surface area contributed by atoms with Crippen molar-refractivity contribution in [1.29, 1.82) is 0 Å². The van der Waals surface area contributed by atoms with Crippen molar-refractivity contribution in [3.63, 3.8) is 0 Å². The summed E-state index contributed by atoms with van der Waals surface area (Å²) in [6, 6.07) is 14.5.